The van der Waals surface area contributed by atoms with Gasteiger partial charge in [-0.15, -0.1) is 0 Å². The van der Waals surface area contributed by atoms with E-state index in [-0.39, 0.29) is 35.0 Å². The Morgan fingerprint density at radius 1 is 0.446 bits per heavy atom. The van der Waals surface area contributed by atoms with Crippen molar-refractivity contribution in [2.24, 2.45) is 0 Å². The number of unbranched alkanes of at least 4 members (excludes halogenated alkanes) is 12. The van der Waals surface area contributed by atoms with Gasteiger partial charge in [-0.3, -0.25) is 9.59 Å². The third-order valence-corrected chi connectivity index (χ3v) is 30.5. The molecule has 2 N–H and O–H groups in total. The molecule has 1 fully saturated rings. The Bertz CT molecular complexity index is 1000. The molecule has 0 aliphatic heterocycles. The maximum atomic E-state index is 14.8. The maximum absolute atomic E-state index is 14.8. The number of hydrogen-bond acceptors (Lipinski definition) is 6. The van der Waals surface area contributed by atoms with Crippen LogP contribution in [0.25, 0.3) is 0 Å². The molecule has 1 aliphatic rings. The average Bonchev–Trinajstić information content (AvgIpc) is 3.00. The first kappa shape index (κ1) is 54.1. The summed E-state index contributed by atoms with van der Waals surface area (Å²) in [6.07, 6.45) is 22.2. The Balaban J connectivity index is 3.44. The van der Waals surface area contributed by atoms with Crippen LogP contribution in [0, 0.1) is 0 Å². The highest BCUT2D eigenvalue weighted by molar-refractivity contribution is 6.90. The molecule has 0 bridgehead atoms. The van der Waals surface area contributed by atoms with Crippen molar-refractivity contribution in [3.05, 3.63) is 0 Å². The Labute approximate surface area is 354 Å². The summed E-state index contributed by atoms with van der Waals surface area (Å²) in [4.78, 5) is 29.6. The summed E-state index contributed by atoms with van der Waals surface area (Å²) >= 11 is 0. The molecule has 0 aromatic heterocycles. The van der Waals surface area contributed by atoms with Gasteiger partial charge in [0.25, 0.3) is 0 Å². The van der Waals surface area contributed by atoms with Crippen LogP contribution in [0.5, 0.6) is 0 Å². The fourth-order valence-electron chi connectivity index (χ4n) is 8.68. The highest BCUT2D eigenvalue weighted by atomic mass is 28.5. The van der Waals surface area contributed by atoms with Gasteiger partial charge in [0.15, 0.2) is 33.3 Å². The number of carbonyl (C=O) groups is 2. The predicted molar refractivity (Wildman–Crippen MR) is 256 cm³/mol. The lowest BCUT2D eigenvalue weighted by Gasteiger charge is -2.44. The second-order valence-electron chi connectivity index (χ2n) is 21.3. The van der Waals surface area contributed by atoms with E-state index in [9.17, 15) is 9.59 Å². The van der Waals surface area contributed by atoms with E-state index >= 15 is 0 Å². The van der Waals surface area contributed by atoms with E-state index in [0.29, 0.717) is 0 Å². The molecule has 2 amide bonds. The molecular weight excluding hydrogens is 797 g/mol. The van der Waals surface area contributed by atoms with Gasteiger partial charge in [0, 0.05) is 12.1 Å². The zero-order valence-corrected chi connectivity index (χ0v) is 45.9. The van der Waals surface area contributed by atoms with Gasteiger partial charge in [-0.05, 0) is 117 Å². The molecule has 1 rings (SSSR count). The van der Waals surface area contributed by atoms with Gasteiger partial charge in [0.2, 0.25) is 11.8 Å². The molecule has 0 radical (unpaired) electrons. The van der Waals surface area contributed by atoms with Gasteiger partial charge in [-0.1, -0.05) is 117 Å². The van der Waals surface area contributed by atoms with E-state index in [2.05, 4.69) is 116 Å². The SMILES string of the molecule is CCCCCCCCCC(C(=O)NC1CCCCC1NC(=O)C(CCCCCCCCC)[Si](C)(O[Si](C)(C)C)O[Si](C)(C)C)[Si](C)(O[Si](C)(C)C)O[Si](C)(C)C. The number of hydrogen-bond donors (Lipinski definition) is 2. The van der Waals surface area contributed by atoms with Crippen LogP contribution in [0.3, 0.4) is 0 Å². The standard InChI is InChI=1S/C42H94N2O6Si6/c1-17-19-21-23-25-27-29-35-39(55(15,47-51(3,4)5)48-52(6,7)8)41(45)43-37-33-31-32-34-38(37)44-42(46)40(36-30-28-26-24-22-20-18-2)56(16,49-53(9,10)11)50-54(12,13)14/h37-40H,17-36H2,1-16H3,(H,43,45)(H,44,46). The van der Waals surface area contributed by atoms with Crippen LogP contribution in [0.15, 0.2) is 0 Å². The fourth-order valence-corrected chi connectivity index (χ4v) is 34.1. The van der Waals surface area contributed by atoms with Crippen LogP contribution in [-0.4, -0.2) is 74.3 Å². The van der Waals surface area contributed by atoms with E-state index in [1.165, 1.54) is 64.2 Å². The summed E-state index contributed by atoms with van der Waals surface area (Å²) in [6.45, 7) is 35.5. The largest absolute Gasteiger partial charge is 0.436 e. The molecule has 14 heteroatoms. The van der Waals surface area contributed by atoms with Crippen molar-refractivity contribution >= 4 is 62.2 Å². The van der Waals surface area contributed by atoms with Crippen molar-refractivity contribution in [3.8, 4) is 0 Å². The topological polar surface area (TPSA) is 95.1 Å². The maximum Gasteiger partial charge on any atom is 0.327 e. The van der Waals surface area contributed by atoms with Crippen LogP contribution >= 0.6 is 0 Å². The first-order valence-electron chi connectivity index (χ1n) is 23.2. The zero-order chi connectivity index (χ0) is 42.8. The van der Waals surface area contributed by atoms with Crippen molar-refractivity contribution in [2.75, 3.05) is 0 Å². The molecule has 0 heterocycles. The van der Waals surface area contributed by atoms with E-state index in [1.807, 2.05) is 0 Å². The highest BCUT2D eigenvalue weighted by Gasteiger charge is 2.52. The van der Waals surface area contributed by atoms with Crippen molar-refractivity contribution in [1.82, 2.24) is 10.6 Å². The second-order valence-corrected chi connectivity index (χ2v) is 47.0. The van der Waals surface area contributed by atoms with Crippen LogP contribution in [-0.2, 0) is 26.0 Å². The Kier molecular flexibility index (Phi) is 24.3. The zero-order valence-electron chi connectivity index (χ0n) is 39.9. The summed E-state index contributed by atoms with van der Waals surface area (Å²) in [5, 5.41) is 7.13. The van der Waals surface area contributed by atoms with Gasteiger partial charge in [0.1, 0.15) is 0 Å². The van der Waals surface area contributed by atoms with Crippen LogP contribution in [0.1, 0.15) is 142 Å². The van der Waals surface area contributed by atoms with Crippen LogP contribution < -0.4 is 10.6 Å². The molecule has 0 saturated heterocycles. The molecule has 4 unspecified atom stereocenters. The lowest BCUT2D eigenvalue weighted by Crippen LogP contribution is -2.62. The lowest BCUT2D eigenvalue weighted by molar-refractivity contribution is -0.125. The van der Waals surface area contributed by atoms with Crippen molar-refractivity contribution in [1.29, 1.82) is 0 Å². The molecule has 0 aromatic carbocycles. The van der Waals surface area contributed by atoms with Gasteiger partial charge < -0.3 is 27.1 Å². The second kappa shape index (κ2) is 25.1. The van der Waals surface area contributed by atoms with Crippen LogP contribution in [0.2, 0.25) is 103 Å². The molecule has 0 spiro atoms. The molecular formula is C42H94N2O6Si6. The molecule has 56 heavy (non-hydrogen) atoms. The summed E-state index contributed by atoms with van der Waals surface area (Å²) in [5.41, 5.74) is -0.600. The Hall–Kier alpha value is 0.0813. The fraction of sp³-hybridized carbons (Fsp3) is 0.952. The van der Waals surface area contributed by atoms with Gasteiger partial charge in [-0.25, -0.2) is 0 Å². The summed E-state index contributed by atoms with van der Waals surface area (Å²) in [5.74, 6) is 0.131. The quantitative estimate of drug-likeness (QED) is 0.0551. The Morgan fingerprint density at radius 3 is 0.946 bits per heavy atom. The van der Waals surface area contributed by atoms with Gasteiger partial charge in [-0.2, -0.15) is 0 Å². The van der Waals surface area contributed by atoms with E-state index in [4.69, 9.17) is 16.5 Å². The smallest absolute Gasteiger partial charge is 0.327 e. The van der Waals surface area contributed by atoms with Crippen molar-refractivity contribution in [3.63, 3.8) is 0 Å². The van der Waals surface area contributed by atoms with E-state index in [0.717, 1.165) is 64.2 Å². The molecule has 8 nitrogen and oxygen atoms in total. The first-order valence-corrected chi connectivity index (χ1v) is 41.6. The van der Waals surface area contributed by atoms with Gasteiger partial charge >= 0.3 is 17.1 Å². The van der Waals surface area contributed by atoms with Crippen LogP contribution in [0.4, 0.5) is 0 Å². The lowest BCUT2D eigenvalue weighted by atomic mass is 9.89. The van der Waals surface area contributed by atoms with E-state index < -0.39 is 50.4 Å². The summed E-state index contributed by atoms with van der Waals surface area (Å²) in [6, 6.07) is -0.256. The minimum absolute atomic E-state index is 0.0655. The summed E-state index contributed by atoms with van der Waals surface area (Å²) in [7, 11) is -14.0. The molecule has 1 saturated carbocycles. The molecule has 4 atom stereocenters. The van der Waals surface area contributed by atoms with Crippen molar-refractivity contribution in [2.45, 2.75) is 257 Å². The number of amides is 2. The van der Waals surface area contributed by atoms with Crippen molar-refractivity contribution < 1.29 is 26.0 Å². The average molecular weight is 892 g/mol. The predicted octanol–water partition coefficient (Wildman–Crippen LogP) is 13.1. The minimum Gasteiger partial charge on any atom is -0.436 e. The highest BCUT2D eigenvalue weighted by Crippen LogP contribution is 2.38. The number of carbonyl (C=O) groups excluding carboxylic acids is 2. The Morgan fingerprint density at radius 2 is 0.696 bits per heavy atom. The number of rotatable bonds is 30. The monoisotopic (exact) mass is 891 g/mol. The number of nitrogens with one attached hydrogen (secondary N) is 2. The normalized spacial score (nSPS) is 18.8. The molecule has 0 aromatic rings. The third kappa shape index (κ3) is 23.2. The summed E-state index contributed by atoms with van der Waals surface area (Å²) < 4.78 is 28.2. The molecule has 332 valence electrons. The van der Waals surface area contributed by atoms with Gasteiger partial charge in [0.05, 0.1) is 11.1 Å². The third-order valence-electron chi connectivity index (χ3n) is 10.5. The first-order chi connectivity index (χ1) is 25.7. The molecule has 1 aliphatic carbocycles. The minimum atomic E-state index is -2.95. The van der Waals surface area contributed by atoms with E-state index in [1.54, 1.807) is 0 Å².